The first-order valence-corrected chi connectivity index (χ1v) is 6.79. The Morgan fingerprint density at radius 1 is 1.35 bits per heavy atom. The van der Waals surface area contributed by atoms with E-state index in [4.69, 9.17) is 0 Å². The van der Waals surface area contributed by atoms with Gasteiger partial charge in [-0.2, -0.15) is 10.2 Å². The number of hydrogen-bond donors (Lipinski definition) is 0. The maximum Gasteiger partial charge on any atom is 0.272 e. The van der Waals surface area contributed by atoms with E-state index in [9.17, 15) is 4.79 Å². The van der Waals surface area contributed by atoms with E-state index in [0.717, 1.165) is 11.6 Å². The van der Waals surface area contributed by atoms with Gasteiger partial charge in [0, 0.05) is 18.8 Å². The summed E-state index contributed by atoms with van der Waals surface area (Å²) in [5.74, 6) is 1.60. The lowest BCUT2D eigenvalue weighted by Crippen LogP contribution is -2.39. The average Bonchev–Trinajstić information content (AvgIpc) is 3.01. The smallest absolute Gasteiger partial charge is 0.272 e. The maximum absolute atomic E-state index is 12.6. The minimum atomic E-state index is 0.00287. The van der Waals surface area contributed by atoms with E-state index in [-0.39, 0.29) is 11.9 Å². The van der Waals surface area contributed by atoms with Gasteiger partial charge in [-0.25, -0.2) is 9.67 Å². The fourth-order valence-electron chi connectivity index (χ4n) is 2.49. The van der Waals surface area contributed by atoms with Crippen LogP contribution in [0.5, 0.6) is 0 Å². The molecular formula is C13H18N6O. The molecule has 0 atom stereocenters. The molecule has 2 aromatic heterocycles. The summed E-state index contributed by atoms with van der Waals surface area (Å²) in [5.41, 5.74) is 0.629. The van der Waals surface area contributed by atoms with Gasteiger partial charge >= 0.3 is 0 Å². The molecular weight excluding hydrogens is 256 g/mol. The van der Waals surface area contributed by atoms with E-state index >= 15 is 0 Å². The molecule has 2 aromatic rings. The number of fused-ring (bicyclic) bond motifs is 1. The van der Waals surface area contributed by atoms with E-state index in [1.165, 1.54) is 0 Å². The molecule has 0 N–H and O–H groups in total. The van der Waals surface area contributed by atoms with Crippen LogP contribution in [0.15, 0.2) is 12.3 Å². The molecule has 3 heterocycles. The number of aryl methyl sites for hydroxylation is 1. The Hall–Kier alpha value is -2.18. The molecule has 1 aliphatic rings. The summed E-state index contributed by atoms with van der Waals surface area (Å²) in [7, 11) is 0. The van der Waals surface area contributed by atoms with E-state index < -0.39 is 0 Å². The van der Waals surface area contributed by atoms with Crippen LogP contribution in [0.2, 0.25) is 0 Å². The first kappa shape index (κ1) is 12.8. The number of rotatable bonds is 2. The number of carbonyl (C=O) groups excluding carboxylic acids is 1. The van der Waals surface area contributed by atoms with E-state index in [1.807, 2.05) is 25.5 Å². The second kappa shape index (κ2) is 4.73. The van der Waals surface area contributed by atoms with E-state index in [1.54, 1.807) is 21.8 Å². The second-order valence-electron chi connectivity index (χ2n) is 5.28. The van der Waals surface area contributed by atoms with Crippen LogP contribution in [0.4, 0.5) is 0 Å². The number of hydrogen-bond acceptors (Lipinski definition) is 4. The molecule has 0 radical (unpaired) electrons. The topological polar surface area (TPSA) is 68.8 Å². The zero-order chi connectivity index (χ0) is 14.3. The van der Waals surface area contributed by atoms with Crippen molar-refractivity contribution in [3.63, 3.8) is 0 Å². The minimum Gasteiger partial charge on any atom is -0.328 e. The van der Waals surface area contributed by atoms with Crippen molar-refractivity contribution in [2.45, 2.75) is 39.9 Å². The molecule has 106 valence electrons. The van der Waals surface area contributed by atoms with Crippen LogP contribution in [0.25, 0.3) is 0 Å². The third-order valence-electron chi connectivity index (χ3n) is 3.43. The van der Waals surface area contributed by atoms with Crippen LogP contribution >= 0.6 is 0 Å². The summed E-state index contributed by atoms with van der Waals surface area (Å²) >= 11 is 0. The Bertz CT molecular complexity index is 641. The zero-order valence-electron chi connectivity index (χ0n) is 11.9. The third kappa shape index (κ3) is 2.09. The van der Waals surface area contributed by atoms with Crippen LogP contribution in [-0.4, -0.2) is 41.9 Å². The van der Waals surface area contributed by atoms with Gasteiger partial charge in [0.15, 0.2) is 0 Å². The van der Waals surface area contributed by atoms with Gasteiger partial charge in [-0.05, 0) is 26.8 Å². The van der Waals surface area contributed by atoms with E-state index in [2.05, 4.69) is 15.2 Å². The Morgan fingerprint density at radius 3 is 2.90 bits per heavy atom. The number of aromatic nitrogens is 5. The van der Waals surface area contributed by atoms with Gasteiger partial charge in [-0.3, -0.25) is 9.48 Å². The molecule has 7 nitrogen and oxygen atoms in total. The molecule has 0 fully saturated rings. The highest BCUT2D eigenvalue weighted by Gasteiger charge is 2.26. The van der Waals surface area contributed by atoms with Crippen molar-refractivity contribution in [2.75, 3.05) is 6.54 Å². The van der Waals surface area contributed by atoms with Crippen molar-refractivity contribution in [2.24, 2.45) is 0 Å². The Balaban J connectivity index is 1.84. The van der Waals surface area contributed by atoms with Gasteiger partial charge in [0.1, 0.15) is 17.3 Å². The normalized spacial score (nSPS) is 14.7. The molecule has 0 spiro atoms. The minimum absolute atomic E-state index is 0.00287. The molecule has 0 aromatic carbocycles. The van der Waals surface area contributed by atoms with Crippen LogP contribution in [-0.2, 0) is 13.1 Å². The lowest BCUT2D eigenvalue weighted by molar-refractivity contribution is 0.0687. The SMILES string of the molecule is Cc1nc2n(n1)CCN(C(=O)c1ccnn1C(C)C)C2. The molecule has 3 rings (SSSR count). The fraction of sp³-hybridized carbons (Fsp3) is 0.538. The number of nitrogens with zero attached hydrogens (tertiary/aromatic N) is 6. The highest BCUT2D eigenvalue weighted by molar-refractivity contribution is 5.92. The van der Waals surface area contributed by atoms with Crippen LogP contribution in [0.1, 0.15) is 42.0 Å². The van der Waals surface area contributed by atoms with Gasteiger partial charge < -0.3 is 4.90 Å². The van der Waals surface area contributed by atoms with Crippen LogP contribution in [0, 0.1) is 6.92 Å². The Morgan fingerprint density at radius 2 is 2.15 bits per heavy atom. The quantitative estimate of drug-likeness (QED) is 0.820. The van der Waals surface area contributed by atoms with Crippen molar-refractivity contribution < 1.29 is 4.79 Å². The van der Waals surface area contributed by atoms with Gasteiger partial charge in [0.2, 0.25) is 0 Å². The van der Waals surface area contributed by atoms with Crippen molar-refractivity contribution in [3.05, 3.63) is 29.6 Å². The maximum atomic E-state index is 12.6. The Kier molecular flexibility index (Phi) is 3.04. The van der Waals surface area contributed by atoms with Gasteiger partial charge in [0.05, 0.1) is 13.1 Å². The number of carbonyl (C=O) groups is 1. The monoisotopic (exact) mass is 274 g/mol. The summed E-state index contributed by atoms with van der Waals surface area (Å²) in [5, 5.41) is 8.52. The van der Waals surface area contributed by atoms with Crippen molar-refractivity contribution in [1.29, 1.82) is 0 Å². The summed E-state index contributed by atoms with van der Waals surface area (Å²) in [6.45, 7) is 7.74. The largest absolute Gasteiger partial charge is 0.328 e. The first-order valence-electron chi connectivity index (χ1n) is 6.79. The Labute approximate surface area is 117 Å². The second-order valence-corrected chi connectivity index (χ2v) is 5.28. The molecule has 0 saturated heterocycles. The molecule has 0 bridgehead atoms. The van der Waals surface area contributed by atoms with E-state index in [0.29, 0.717) is 25.3 Å². The molecule has 1 amide bonds. The van der Waals surface area contributed by atoms with Crippen molar-refractivity contribution >= 4 is 5.91 Å². The first-order chi connectivity index (χ1) is 9.56. The molecule has 1 aliphatic heterocycles. The summed E-state index contributed by atoms with van der Waals surface area (Å²) < 4.78 is 3.63. The lowest BCUT2D eigenvalue weighted by Gasteiger charge is -2.27. The highest BCUT2D eigenvalue weighted by Crippen LogP contribution is 2.15. The molecule has 0 aliphatic carbocycles. The highest BCUT2D eigenvalue weighted by atomic mass is 16.2. The fourth-order valence-corrected chi connectivity index (χ4v) is 2.49. The third-order valence-corrected chi connectivity index (χ3v) is 3.43. The van der Waals surface area contributed by atoms with Crippen molar-refractivity contribution in [3.8, 4) is 0 Å². The lowest BCUT2D eigenvalue weighted by atomic mass is 10.3. The molecule has 0 unspecified atom stereocenters. The molecule has 7 heteroatoms. The van der Waals surface area contributed by atoms with Gasteiger partial charge in [-0.15, -0.1) is 0 Å². The van der Waals surface area contributed by atoms with Gasteiger partial charge in [-0.1, -0.05) is 0 Å². The summed E-state index contributed by atoms with van der Waals surface area (Å²) in [6.07, 6.45) is 1.67. The predicted octanol–water partition coefficient (Wildman–Crippen LogP) is 1.02. The number of amides is 1. The van der Waals surface area contributed by atoms with Gasteiger partial charge in [0.25, 0.3) is 5.91 Å². The van der Waals surface area contributed by atoms with Crippen LogP contribution in [0.3, 0.4) is 0 Å². The zero-order valence-corrected chi connectivity index (χ0v) is 11.9. The van der Waals surface area contributed by atoms with Crippen molar-refractivity contribution in [1.82, 2.24) is 29.4 Å². The standard InChI is InChI=1S/C13H18N6O/c1-9(2)19-11(4-5-14-19)13(20)17-6-7-18-12(8-17)15-10(3)16-18/h4-5,9H,6-8H2,1-3H3. The summed E-state index contributed by atoms with van der Waals surface area (Å²) in [6, 6.07) is 1.94. The van der Waals surface area contributed by atoms with Crippen LogP contribution < -0.4 is 0 Å². The molecule has 20 heavy (non-hydrogen) atoms. The average molecular weight is 274 g/mol. The summed E-state index contributed by atoms with van der Waals surface area (Å²) in [4.78, 5) is 18.8. The molecule has 0 saturated carbocycles. The predicted molar refractivity (Wildman–Crippen MR) is 72.1 cm³/mol.